The van der Waals surface area contributed by atoms with Crippen molar-refractivity contribution in [2.45, 2.75) is 25.8 Å². The molecule has 3 aromatic rings. The Kier molecular flexibility index (Phi) is 7.86. The molecular weight excluding hydrogens is 490 g/mol. The summed E-state index contributed by atoms with van der Waals surface area (Å²) < 4.78 is 11.2. The molecule has 0 saturated carbocycles. The van der Waals surface area contributed by atoms with Crippen LogP contribution in [0.15, 0.2) is 47.3 Å². The number of nitrogens with two attached hydrogens (primary N) is 1. The number of pyridine rings is 1. The minimum Gasteiger partial charge on any atom is -0.486 e. The lowest BCUT2D eigenvalue weighted by Crippen LogP contribution is -2.40. The molecular formula is C27H31N5O4S. The van der Waals surface area contributed by atoms with Crippen LogP contribution in [0.4, 0.5) is 16.2 Å². The van der Waals surface area contributed by atoms with Gasteiger partial charge in [0.05, 0.1) is 0 Å². The summed E-state index contributed by atoms with van der Waals surface area (Å²) in [5, 5.41) is 6.71. The molecule has 4 heterocycles. The van der Waals surface area contributed by atoms with E-state index in [1.807, 2.05) is 29.0 Å². The van der Waals surface area contributed by atoms with Gasteiger partial charge in [-0.05, 0) is 60.6 Å². The normalized spacial score (nSPS) is 14.9. The van der Waals surface area contributed by atoms with Crippen molar-refractivity contribution in [3.63, 3.8) is 0 Å². The van der Waals surface area contributed by atoms with Crippen LogP contribution in [0.3, 0.4) is 0 Å². The fourth-order valence-corrected chi connectivity index (χ4v) is 5.24. The molecule has 194 valence electrons. The number of hydrogen-bond acceptors (Lipinski definition) is 8. The molecule has 0 aliphatic carbocycles. The number of anilines is 2. The number of nitrogens with zero attached hydrogens (tertiary/aromatic N) is 3. The van der Waals surface area contributed by atoms with Gasteiger partial charge < -0.3 is 30.3 Å². The maximum Gasteiger partial charge on any atom is 0.322 e. The second-order valence-electron chi connectivity index (χ2n) is 9.26. The molecule has 2 aliphatic heterocycles. The average molecular weight is 522 g/mol. The van der Waals surface area contributed by atoms with Gasteiger partial charge in [-0.15, -0.1) is 11.3 Å². The summed E-state index contributed by atoms with van der Waals surface area (Å²) in [5.74, 6) is 1.22. The first-order valence-electron chi connectivity index (χ1n) is 12.5. The number of fused-ring (bicyclic) bond motifs is 1. The van der Waals surface area contributed by atoms with E-state index in [1.165, 1.54) is 24.2 Å². The first-order valence-corrected chi connectivity index (χ1v) is 13.5. The van der Waals surface area contributed by atoms with E-state index < -0.39 is 0 Å². The molecule has 0 spiro atoms. The van der Waals surface area contributed by atoms with Crippen molar-refractivity contribution in [3.8, 4) is 11.5 Å². The van der Waals surface area contributed by atoms with Crippen LogP contribution in [0.2, 0.25) is 0 Å². The molecule has 0 unspecified atom stereocenters. The highest BCUT2D eigenvalue weighted by molar-refractivity contribution is 7.08. The lowest BCUT2D eigenvalue weighted by Gasteiger charge is -2.26. The Bertz CT molecular complexity index is 1240. The molecule has 5 rings (SSSR count). The number of amides is 2. The standard InChI is InChI=1S/C27H31N5O4S/c28-22-18-37-17-20(22)13-24(33)23-5-3-19(15-29-23)16-32(10-9-31-7-1-2-8-31)27(34)30-21-4-6-25-26(14-21)36-12-11-35-25/h3-6,14-15,17-18H,1-2,7-13,16,28H2,(H,30,34). The minimum atomic E-state index is -0.205. The second kappa shape index (κ2) is 11.6. The molecule has 2 aromatic heterocycles. The fourth-order valence-electron chi connectivity index (χ4n) is 4.49. The molecule has 0 radical (unpaired) electrons. The lowest BCUT2D eigenvalue weighted by atomic mass is 10.1. The van der Waals surface area contributed by atoms with Crippen LogP contribution < -0.4 is 20.5 Å². The SMILES string of the molecule is Nc1cscc1CC(=O)c1ccc(CN(CCN2CCCC2)C(=O)Nc2ccc3c(c2)OCCO3)cn1. The maximum absolute atomic E-state index is 13.3. The Morgan fingerprint density at radius 2 is 1.89 bits per heavy atom. The van der Waals surface area contributed by atoms with Gasteiger partial charge in [-0.25, -0.2) is 4.79 Å². The van der Waals surface area contributed by atoms with Gasteiger partial charge in [-0.2, -0.15) is 0 Å². The van der Waals surface area contributed by atoms with Crippen molar-refractivity contribution in [1.29, 1.82) is 0 Å². The van der Waals surface area contributed by atoms with Gasteiger partial charge in [0.25, 0.3) is 0 Å². The van der Waals surface area contributed by atoms with E-state index in [2.05, 4.69) is 15.2 Å². The molecule has 3 N–H and O–H groups in total. The summed E-state index contributed by atoms with van der Waals surface area (Å²) >= 11 is 1.48. The summed E-state index contributed by atoms with van der Waals surface area (Å²) in [4.78, 5) is 34.5. The first kappa shape index (κ1) is 25.0. The van der Waals surface area contributed by atoms with Gasteiger partial charge in [0.15, 0.2) is 17.3 Å². The highest BCUT2D eigenvalue weighted by Crippen LogP contribution is 2.32. The van der Waals surface area contributed by atoms with Gasteiger partial charge in [0.1, 0.15) is 18.9 Å². The third-order valence-corrected chi connectivity index (χ3v) is 7.39. The molecule has 0 atom stereocenters. The Hall–Kier alpha value is -3.63. The number of carbonyl (C=O) groups is 2. The predicted octanol–water partition coefficient (Wildman–Crippen LogP) is 4.05. The van der Waals surface area contributed by atoms with Crippen molar-refractivity contribution >= 4 is 34.5 Å². The number of rotatable bonds is 9. The van der Waals surface area contributed by atoms with Gasteiger partial charge in [-0.1, -0.05) is 6.07 Å². The van der Waals surface area contributed by atoms with Gasteiger partial charge in [0, 0.05) is 55.1 Å². The van der Waals surface area contributed by atoms with Crippen molar-refractivity contribution in [3.05, 3.63) is 64.1 Å². The number of aromatic nitrogens is 1. The topological polar surface area (TPSA) is 110 Å². The molecule has 1 saturated heterocycles. The van der Waals surface area contributed by atoms with E-state index in [1.54, 1.807) is 23.2 Å². The number of urea groups is 1. The Morgan fingerprint density at radius 1 is 1.08 bits per heavy atom. The monoisotopic (exact) mass is 521 g/mol. The van der Waals surface area contributed by atoms with Crippen LogP contribution in [-0.2, 0) is 13.0 Å². The predicted molar refractivity (Wildman–Crippen MR) is 144 cm³/mol. The van der Waals surface area contributed by atoms with Crippen LogP contribution in [0.1, 0.15) is 34.5 Å². The highest BCUT2D eigenvalue weighted by atomic mass is 32.1. The van der Waals surface area contributed by atoms with Crippen LogP contribution in [0.25, 0.3) is 0 Å². The number of thiophene rings is 1. The smallest absolute Gasteiger partial charge is 0.322 e. The molecule has 37 heavy (non-hydrogen) atoms. The zero-order chi connectivity index (χ0) is 25.6. The van der Waals surface area contributed by atoms with Gasteiger partial charge >= 0.3 is 6.03 Å². The molecule has 0 bridgehead atoms. The van der Waals surface area contributed by atoms with Crippen LogP contribution in [-0.4, -0.2) is 66.0 Å². The quantitative estimate of drug-likeness (QED) is 0.409. The Morgan fingerprint density at radius 3 is 2.62 bits per heavy atom. The third kappa shape index (κ3) is 6.39. The summed E-state index contributed by atoms with van der Waals surface area (Å²) in [6, 6.07) is 8.78. The number of benzene rings is 1. The molecule has 2 aliphatic rings. The second-order valence-corrected chi connectivity index (χ2v) is 10.0. The molecule has 1 aromatic carbocycles. The van der Waals surface area contributed by atoms with E-state index in [9.17, 15) is 9.59 Å². The molecule has 9 nitrogen and oxygen atoms in total. The maximum atomic E-state index is 13.3. The van der Waals surface area contributed by atoms with Gasteiger partial charge in [-0.3, -0.25) is 9.78 Å². The Labute approximate surface area is 220 Å². The van der Waals surface area contributed by atoms with E-state index in [-0.39, 0.29) is 18.2 Å². The van der Waals surface area contributed by atoms with Crippen molar-refractivity contribution in [2.24, 2.45) is 0 Å². The summed E-state index contributed by atoms with van der Waals surface area (Å²) in [7, 11) is 0. The number of ether oxygens (including phenoxy) is 2. The molecule has 1 fully saturated rings. The largest absolute Gasteiger partial charge is 0.486 e. The molecule has 10 heteroatoms. The number of nitrogens with one attached hydrogen (secondary N) is 1. The molecule has 2 amide bonds. The summed E-state index contributed by atoms with van der Waals surface area (Å²) in [6.07, 6.45) is 4.28. The summed E-state index contributed by atoms with van der Waals surface area (Å²) in [5.41, 5.74) is 9.26. The van der Waals surface area contributed by atoms with Crippen LogP contribution >= 0.6 is 11.3 Å². The summed E-state index contributed by atoms with van der Waals surface area (Å²) in [6.45, 7) is 4.88. The Balaban J connectivity index is 1.25. The van der Waals surface area contributed by atoms with Crippen molar-refractivity contribution < 1.29 is 19.1 Å². The zero-order valence-electron chi connectivity index (χ0n) is 20.7. The van der Waals surface area contributed by atoms with E-state index in [4.69, 9.17) is 15.2 Å². The van der Waals surface area contributed by atoms with Crippen molar-refractivity contribution in [1.82, 2.24) is 14.8 Å². The zero-order valence-corrected chi connectivity index (χ0v) is 21.5. The number of ketones is 1. The first-order chi connectivity index (χ1) is 18.0. The highest BCUT2D eigenvalue weighted by Gasteiger charge is 2.20. The van der Waals surface area contributed by atoms with Crippen molar-refractivity contribution in [2.75, 3.05) is 50.4 Å². The average Bonchev–Trinajstić information content (AvgIpc) is 3.58. The lowest BCUT2D eigenvalue weighted by molar-refractivity contribution is 0.0988. The van der Waals surface area contributed by atoms with E-state index in [0.29, 0.717) is 54.9 Å². The number of likely N-dealkylation sites (tertiary alicyclic amines) is 1. The van der Waals surface area contributed by atoms with Crippen LogP contribution in [0.5, 0.6) is 11.5 Å². The van der Waals surface area contributed by atoms with E-state index >= 15 is 0 Å². The number of Topliss-reactive ketones (excluding diaryl/α,β-unsaturated/α-hetero) is 1. The fraction of sp³-hybridized carbons (Fsp3) is 0.370. The van der Waals surface area contributed by atoms with Crippen LogP contribution in [0, 0.1) is 0 Å². The third-order valence-electron chi connectivity index (χ3n) is 6.58. The van der Waals surface area contributed by atoms with E-state index in [0.717, 1.165) is 30.8 Å². The number of carbonyl (C=O) groups excluding carboxylic acids is 2. The number of nitrogen functional groups attached to an aromatic ring is 1. The number of hydrogen-bond donors (Lipinski definition) is 2. The van der Waals surface area contributed by atoms with Gasteiger partial charge in [0.2, 0.25) is 0 Å². The minimum absolute atomic E-state index is 0.0844.